The zero-order chi connectivity index (χ0) is 11.5. The van der Waals surface area contributed by atoms with Crippen molar-refractivity contribution in [2.45, 2.75) is 44.3 Å². The third kappa shape index (κ3) is 3.05. The summed E-state index contributed by atoms with van der Waals surface area (Å²) in [5, 5.41) is 3.59. The van der Waals surface area contributed by atoms with E-state index in [0.29, 0.717) is 6.04 Å². The normalized spacial score (nSPS) is 24.4. The van der Waals surface area contributed by atoms with Crippen LogP contribution in [0.2, 0.25) is 0 Å². The molecule has 3 rings (SSSR count). The third-order valence-electron chi connectivity index (χ3n) is 3.77. The van der Waals surface area contributed by atoms with E-state index in [9.17, 15) is 0 Å². The van der Waals surface area contributed by atoms with Crippen molar-refractivity contribution in [1.82, 2.24) is 15.2 Å². The Morgan fingerprint density at radius 2 is 2.24 bits per heavy atom. The van der Waals surface area contributed by atoms with Crippen molar-refractivity contribution < 1.29 is 0 Å². The summed E-state index contributed by atoms with van der Waals surface area (Å²) in [5.41, 5.74) is 1.21. The highest BCUT2D eigenvalue weighted by molar-refractivity contribution is 5.04. The second-order valence-electron chi connectivity index (χ2n) is 5.27. The molecule has 1 N–H and O–H groups in total. The molecule has 1 aliphatic carbocycles. The van der Waals surface area contributed by atoms with Gasteiger partial charge in [-0.2, -0.15) is 0 Å². The summed E-state index contributed by atoms with van der Waals surface area (Å²) in [4.78, 5) is 7.06. The van der Waals surface area contributed by atoms with Crippen LogP contribution >= 0.6 is 0 Å². The van der Waals surface area contributed by atoms with E-state index in [0.717, 1.165) is 12.6 Å². The van der Waals surface area contributed by atoms with Gasteiger partial charge < -0.3 is 5.32 Å². The predicted octanol–water partition coefficient (Wildman–Crippen LogP) is 1.80. The first kappa shape index (κ1) is 11.2. The van der Waals surface area contributed by atoms with Gasteiger partial charge in [-0.1, -0.05) is 6.07 Å². The minimum absolute atomic E-state index is 0.708. The largest absolute Gasteiger partial charge is 0.313 e. The Balaban J connectivity index is 1.60. The van der Waals surface area contributed by atoms with Crippen LogP contribution in [0.25, 0.3) is 0 Å². The van der Waals surface area contributed by atoms with Gasteiger partial charge in [-0.15, -0.1) is 0 Å². The topological polar surface area (TPSA) is 28.2 Å². The van der Waals surface area contributed by atoms with Gasteiger partial charge in [-0.25, -0.2) is 0 Å². The fraction of sp³-hybridized carbons (Fsp3) is 0.643. The van der Waals surface area contributed by atoms with Gasteiger partial charge in [0.15, 0.2) is 0 Å². The number of rotatable bonds is 5. The van der Waals surface area contributed by atoms with Crippen molar-refractivity contribution >= 4 is 0 Å². The first-order valence-corrected chi connectivity index (χ1v) is 6.79. The Hall–Kier alpha value is -0.930. The molecule has 0 amide bonds. The molecule has 1 aromatic rings. The first-order valence-electron chi connectivity index (χ1n) is 6.79. The van der Waals surface area contributed by atoms with Crippen molar-refractivity contribution in [2.24, 2.45) is 0 Å². The Morgan fingerprint density at radius 3 is 2.88 bits per heavy atom. The average molecular weight is 231 g/mol. The van der Waals surface area contributed by atoms with Crippen LogP contribution < -0.4 is 5.32 Å². The molecule has 1 aromatic heterocycles. The maximum atomic E-state index is 4.44. The molecule has 17 heavy (non-hydrogen) atoms. The van der Waals surface area contributed by atoms with Crippen LogP contribution in [0.15, 0.2) is 24.4 Å². The zero-order valence-corrected chi connectivity index (χ0v) is 10.3. The summed E-state index contributed by atoms with van der Waals surface area (Å²) < 4.78 is 0. The van der Waals surface area contributed by atoms with Crippen LogP contribution in [-0.2, 0) is 6.54 Å². The summed E-state index contributed by atoms with van der Waals surface area (Å²) in [6, 6.07) is 7.74. The molecule has 0 aromatic carbocycles. The lowest BCUT2D eigenvalue weighted by molar-refractivity contribution is 0.228. The molecule has 92 valence electrons. The van der Waals surface area contributed by atoms with E-state index >= 15 is 0 Å². The Bertz CT molecular complexity index is 342. The van der Waals surface area contributed by atoms with Crippen molar-refractivity contribution in [3.05, 3.63) is 30.1 Å². The molecule has 2 fully saturated rings. The molecule has 3 nitrogen and oxygen atoms in total. The average Bonchev–Trinajstić information content (AvgIpc) is 3.09. The van der Waals surface area contributed by atoms with Crippen molar-refractivity contribution in [2.75, 3.05) is 13.1 Å². The van der Waals surface area contributed by atoms with E-state index in [2.05, 4.69) is 27.3 Å². The Morgan fingerprint density at radius 1 is 1.29 bits per heavy atom. The zero-order valence-electron chi connectivity index (χ0n) is 10.3. The Labute approximate surface area is 103 Å². The molecule has 0 bridgehead atoms. The van der Waals surface area contributed by atoms with Crippen molar-refractivity contribution in [3.63, 3.8) is 0 Å². The number of pyridine rings is 1. The van der Waals surface area contributed by atoms with Crippen molar-refractivity contribution in [3.8, 4) is 0 Å². The second-order valence-corrected chi connectivity index (χ2v) is 5.27. The lowest BCUT2D eigenvalue weighted by atomic mass is 10.2. The highest BCUT2D eigenvalue weighted by Gasteiger charge is 2.31. The van der Waals surface area contributed by atoms with Gasteiger partial charge in [-0.05, 0) is 44.4 Å². The molecule has 1 unspecified atom stereocenters. The number of hydrogen-bond acceptors (Lipinski definition) is 3. The third-order valence-corrected chi connectivity index (χ3v) is 3.77. The fourth-order valence-corrected chi connectivity index (χ4v) is 2.68. The summed E-state index contributed by atoms with van der Waals surface area (Å²) in [7, 11) is 0. The fourth-order valence-electron chi connectivity index (χ4n) is 2.68. The summed E-state index contributed by atoms with van der Waals surface area (Å²) in [6.07, 6.45) is 7.32. The summed E-state index contributed by atoms with van der Waals surface area (Å²) >= 11 is 0. The summed E-state index contributed by atoms with van der Waals surface area (Å²) in [5.74, 6) is 0. The smallest absolute Gasteiger partial charge is 0.0544 e. The van der Waals surface area contributed by atoms with Gasteiger partial charge in [0.05, 0.1) is 5.69 Å². The van der Waals surface area contributed by atoms with Gasteiger partial charge in [-0.3, -0.25) is 9.88 Å². The minimum atomic E-state index is 0.708. The van der Waals surface area contributed by atoms with E-state index < -0.39 is 0 Å². The molecule has 1 aliphatic heterocycles. The van der Waals surface area contributed by atoms with Gasteiger partial charge in [0, 0.05) is 31.4 Å². The molecule has 2 heterocycles. The van der Waals surface area contributed by atoms with Gasteiger partial charge >= 0.3 is 0 Å². The predicted molar refractivity (Wildman–Crippen MR) is 68.7 cm³/mol. The van der Waals surface area contributed by atoms with Gasteiger partial charge in [0.2, 0.25) is 0 Å². The lowest BCUT2D eigenvalue weighted by Crippen LogP contribution is -2.38. The molecule has 1 saturated carbocycles. The van der Waals surface area contributed by atoms with Crippen LogP contribution in [0.5, 0.6) is 0 Å². The standard InChI is InChI=1S/C14H21N3/c1-2-8-15-12(4-1)10-17(14-6-7-14)11-13-5-3-9-16-13/h1-2,4,8,13-14,16H,3,5-7,9-11H2. The molecule has 1 saturated heterocycles. The maximum absolute atomic E-state index is 4.44. The van der Waals surface area contributed by atoms with Crippen LogP contribution in [0.1, 0.15) is 31.4 Å². The van der Waals surface area contributed by atoms with Crippen LogP contribution in [0.4, 0.5) is 0 Å². The molecule has 3 heteroatoms. The van der Waals surface area contributed by atoms with Crippen molar-refractivity contribution in [1.29, 1.82) is 0 Å². The van der Waals surface area contributed by atoms with E-state index in [1.165, 1.54) is 44.5 Å². The Kier molecular flexibility index (Phi) is 3.39. The highest BCUT2D eigenvalue weighted by atomic mass is 15.2. The molecule has 0 radical (unpaired) electrons. The minimum Gasteiger partial charge on any atom is -0.313 e. The van der Waals surface area contributed by atoms with Crippen LogP contribution in [0.3, 0.4) is 0 Å². The lowest BCUT2D eigenvalue weighted by Gasteiger charge is -2.25. The van der Waals surface area contributed by atoms with E-state index in [4.69, 9.17) is 0 Å². The monoisotopic (exact) mass is 231 g/mol. The number of nitrogens with one attached hydrogen (secondary N) is 1. The molecular weight excluding hydrogens is 210 g/mol. The SMILES string of the molecule is c1ccc(CN(CC2CCCN2)C2CC2)nc1. The molecule has 0 spiro atoms. The second kappa shape index (κ2) is 5.15. The molecular formula is C14H21N3. The number of aromatic nitrogens is 1. The molecule has 2 aliphatic rings. The van der Waals surface area contributed by atoms with Crippen LogP contribution in [-0.4, -0.2) is 35.1 Å². The van der Waals surface area contributed by atoms with Gasteiger partial charge in [0.25, 0.3) is 0 Å². The first-order chi connectivity index (χ1) is 8.42. The number of hydrogen-bond donors (Lipinski definition) is 1. The number of nitrogens with zero attached hydrogens (tertiary/aromatic N) is 2. The molecule has 1 atom stereocenters. The van der Waals surface area contributed by atoms with Crippen LogP contribution in [0, 0.1) is 0 Å². The summed E-state index contributed by atoms with van der Waals surface area (Å²) in [6.45, 7) is 3.41. The van der Waals surface area contributed by atoms with E-state index in [1.54, 1.807) is 0 Å². The van der Waals surface area contributed by atoms with E-state index in [-0.39, 0.29) is 0 Å². The van der Waals surface area contributed by atoms with Gasteiger partial charge in [0.1, 0.15) is 0 Å². The quantitative estimate of drug-likeness (QED) is 0.837. The van der Waals surface area contributed by atoms with E-state index in [1.807, 2.05) is 12.3 Å². The highest BCUT2D eigenvalue weighted by Crippen LogP contribution is 2.28. The maximum Gasteiger partial charge on any atom is 0.0544 e.